The van der Waals surface area contributed by atoms with Crippen LogP contribution >= 0.6 is 15.9 Å². The zero-order valence-electron chi connectivity index (χ0n) is 15.3. The molecule has 0 radical (unpaired) electrons. The average molecular weight is 401 g/mol. The van der Waals surface area contributed by atoms with Gasteiger partial charge in [-0.1, -0.05) is 79.9 Å². The molecule has 1 aromatic carbocycles. The van der Waals surface area contributed by atoms with Crippen LogP contribution in [0.1, 0.15) is 69.5 Å². The van der Waals surface area contributed by atoms with E-state index in [4.69, 9.17) is 4.98 Å². The summed E-state index contributed by atoms with van der Waals surface area (Å²) in [5, 5.41) is 0. The first-order valence-electron chi connectivity index (χ1n) is 9.87. The molecule has 0 amide bonds. The molecule has 3 heteroatoms. The van der Waals surface area contributed by atoms with Gasteiger partial charge in [-0.25, -0.2) is 9.97 Å². The first kappa shape index (κ1) is 18.6. The maximum Gasteiger partial charge on any atom is 0.159 e. The molecule has 1 heterocycles. The molecule has 2 nitrogen and oxygen atoms in total. The highest BCUT2D eigenvalue weighted by atomic mass is 79.9. The van der Waals surface area contributed by atoms with Crippen LogP contribution in [0.3, 0.4) is 0 Å². The van der Waals surface area contributed by atoms with Gasteiger partial charge < -0.3 is 0 Å². The Morgan fingerprint density at radius 1 is 1.04 bits per heavy atom. The summed E-state index contributed by atoms with van der Waals surface area (Å²) in [6, 6.07) is 8.26. The first-order chi connectivity index (χ1) is 12.3. The topological polar surface area (TPSA) is 25.8 Å². The van der Waals surface area contributed by atoms with Gasteiger partial charge in [0.1, 0.15) is 0 Å². The molecule has 1 atom stereocenters. The van der Waals surface area contributed by atoms with E-state index in [1.807, 2.05) is 0 Å². The standard InChI is InChI=1S/C22H29BrN2/c1-2-3-4-5-6-7-8-17-9-14-21-19(15-17)16-24-22(25-21)18-10-12-20(23)13-11-18/h10-13,16-17H,2-9,14-15H2,1H3. The average Bonchev–Trinajstić information content (AvgIpc) is 2.65. The quantitative estimate of drug-likeness (QED) is 0.457. The van der Waals surface area contributed by atoms with Crippen molar-refractivity contribution in [1.29, 1.82) is 0 Å². The lowest BCUT2D eigenvalue weighted by Gasteiger charge is -2.24. The molecular formula is C22H29BrN2. The Balaban J connectivity index is 1.53. The van der Waals surface area contributed by atoms with E-state index in [0.29, 0.717) is 0 Å². The minimum Gasteiger partial charge on any atom is -0.236 e. The lowest BCUT2D eigenvalue weighted by molar-refractivity contribution is 0.400. The second-order valence-corrected chi connectivity index (χ2v) is 8.25. The summed E-state index contributed by atoms with van der Waals surface area (Å²) in [5.74, 6) is 1.70. The fraction of sp³-hybridized carbons (Fsp3) is 0.545. The number of hydrogen-bond acceptors (Lipinski definition) is 2. The summed E-state index contributed by atoms with van der Waals surface area (Å²) in [5.41, 5.74) is 3.75. The highest BCUT2D eigenvalue weighted by molar-refractivity contribution is 9.10. The zero-order chi connectivity index (χ0) is 17.5. The second-order valence-electron chi connectivity index (χ2n) is 7.34. The van der Waals surface area contributed by atoms with E-state index < -0.39 is 0 Å². The molecule has 0 saturated carbocycles. The van der Waals surface area contributed by atoms with E-state index in [9.17, 15) is 0 Å². The molecule has 3 rings (SSSR count). The van der Waals surface area contributed by atoms with Crippen molar-refractivity contribution in [2.75, 3.05) is 0 Å². The second kappa shape index (κ2) is 9.47. The molecule has 0 N–H and O–H groups in total. The Bertz CT molecular complexity index is 666. The van der Waals surface area contributed by atoms with Crippen LogP contribution in [-0.2, 0) is 12.8 Å². The third-order valence-corrected chi connectivity index (χ3v) is 5.85. The third-order valence-electron chi connectivity index (χ3n) is 5.32. The van der Waals surface area contributed by atoms with Crippen molar-refractivity contribution in [3.05, 3.63) is 46.2 Å². The number of halogens is 1. The maximum atomic E-state index is 4.85. The van der Waals surface area contributed by atoms with E-state index in [-0.39, 0.29) is 0 Å². The molecule has 134 valence electrons. The first-order valence-corrected chi connectivity index (χ1v) is 10.7. The van der Waals surface area contributed by atoms with Crippen LogP contribution in [0.2, 0.25) is 0 Å². The predicted octanol–water partition coefficient (Wildman–Crippen LogP) is 6.76. The molecule has 1 aliphatic rings. The molecule has 0 aliphatic heterocycles. The predicted molar refractivity (Wildman–Crippen MR) is 109 cm³/mol. The largest absolute Gasteiger partial charge is 0.236 e. The number of unbranched alkanes of at least 4 members (excludes halogenated alkanes) is 5. The van der Waals surface area contributed by atoms with Gasteiger partial charge in [-0.3, -0.25) is 0 Å². The van der Waals surface area contributed by atoms with Crippen LogP contribution in [0.5, 0.6) is 0 Å². The molecule has 1 aliphatic carbocycles. The van der Waals surface area contributed by atoms with Gasteiger partial charge >= 0.3 is 0 Å². The van der Waals surface area contributed by atoms with Crippen LogP contribution in [0.4, 0.5) is 0 Å². The third kappa shape index (κ3) is 5.37. The Hall–Kier alpha value is -1.22. The maximum absolute atomic E-state index is 4.85. The molecule has 25 heavy (non-hydrogen) atoms. The smallest absolute Gasteiger partial charge is 0.159 e. The lowest BCUT2D eigenvalue weighted by Crippen LogP contribution is -2.16. The SMILES string of the molecule is CCCCCCCCC1CCc2nc(-c3ccc(Br)cc3)ncc2C1. The molecular weight excluding hydrogens is 372 g/mol. The van der Waals surface area contributed by atoms with Gasteiger partial charge in [0, 0.05) is 21.9 Å². The summed E-state index contributed by atoms with van der Waals surface area (Å²) < 4.78 is 1.09. The molecule has 0 spiro atoms. The van der Waals surface area contributed by atoms with Crippen molar-refractivity contribution in [1.82, 2.24) is 9.97 Å². The monoisotopic (exact) mass is 400 g/mol. The molecule has 0 bridgehead atoms. The fourth-order valence-electron chi connectivity index (χ4n) is 3.78. The molecule has 2 aromatic rings. The summed E-state index contributed by atoms with van der Waals surface area (Å²) in [7, 11) is 0. The van der Waals surface area contributed by atoms with Gasteiger partial charge in [-0.15, -0.1) is 0 Å². The van der Waals surface area contributed by atoms with Crippen molar-refractivity contribution in [2.24, 2.45) is 5.92 Å². The number of aromatic nitrogens is 2. The summed E-state index contributed by atoms with van der Waals surface area (Å²) in [4.78, 5) is 9.48. The van der Waals surface area contributed by atoms with Crippen LogP contribution < -0.4 is 0 Å². The van der Waals surface area contributed by atoms with E-state index in [0.717, 1.165) is 28.2 Å². The van der Waals surface area contributed by atoms with Crippen LogP contribution in [0.15, 0.2) is 34.9 Å². The van der Waals surface area contributed by atoms with E-state index in [1.54, 1.807) is 0 Å². The highest BCUT2D eigenvalue weighted by Crippen LogP contribution is 2.29. The molecule has 0 saturated heterocycles. The van der Waals surface area contributed by atoms with Crippen molar-refractivity contribution in [2.45, 2.75) is 71.1 Å². The van der Waals surface area contributed by atoms with Gasteiger partial charge in [-0.2, -0.15) is 0 Å². The van der Waals surface area contributed by atoms with Crippen molar-refractivity contribution in [3.8, 4) is 11.4 Å². The Morgan fingerprint density at radius 2 is 1.80 bits per heavy atom. The van der Waals surface area contributed by atoms with Crippen molar-refractivity contribution < 1.29 is 0 Å². The normalized spacial score (nSPS) is 16.6. The number of hydrogen-bond donors (Lipinski definition) is 0. The van der Waals surface area contributed by atoms with Crippen LogP contribution in [-0.4, -0.2) is 9.97 Å². The number of rotatable bonds is 8. The van der Waals surface area contributed by atoms with Gasteiger partial charge in [-0.05, 0) is 42.9 Å². The summed E-state index contributed by atoms with van der Waals surface area (Å²) >= 11 is 3.48. The van der Waals surface area contributed by atoms with Crippen molar-refractivity contribution >= 4 is 15.9 Å². The van der Waals surface area contributed by atoms with Gasteiger partial charge in [0.15, 0.2) is 5.82 Å². The van der Waals surface area contributed by atoms with Crippen molar-refractivity contribution in [3.63, 3.8) is 0 Å². The molecule has 0 fully saturated rings. The highest BCUT2D eigenvalue weighted by Gasteiger charge is 2.20. The Labute approximate surface area is 160 Å². The van der Waals surface area contributed by atoms with Crippen LogP contribution in [0, 0.1) is 5.92 Å². The van der Waals surface area contributed by atoms with E-state index in [2.05, 4.69) is 58.3 Å². The van der Waals surface area contributed by atoms with E-state index >= 15 is 0 Å². The number of aryl methyl sites for hydroxylation is 1. The Kier molecular flexibility index (Phi) is 7.03. The van der Waals surface area contributed by atoms with Crippen LogP contribution in [0.25, 0.3) is 11.4 Å². The van der Waals surface area contributed by atoms with Gasteiger partial charge in [0.05, 0.1) is 0 Å². The van der Waals surface area contributed by atoms with E-state index in [1.165, 1.54) is 69.0 Å². The number of fused-ring (bicyclic) bond motifs is 1. The molecule has 1 aromatic heterocycles. The van der Waals surface area contributed by atoms with Gasteiger partial charge in [0.25, 0.3) is 0 Å². The summed E-state index contributed by atoms with van der Waals surface area (Å²) in [6.07, 6.45) is 15.4. The Morgan fingerprint density at radius 3 is 2.60 bits per heavy atom. The lowest BCUT2D eigenvalue weighted by atomic mass is 9.84. The zero-order valence-corrected chi connectivity index (χ0v) is 16.9. The molecule has 1 unspecified atom stereocenters. The van der Waals surface area contributed by atoms with Gasteiger partial charge in [0.2, 0.25) is 0 Å². The minimum atomic E-state index is 0.834. The fourth-order valence-corrected chi connectivity index (χ4v) is 4.05. The summed E-state index contributed by atoms with van der Waals surface area (Å²) in [6.45, 7) is 2.28. The number of benzene rings is 1. The minimum absolute atomic E-state index is 0.834. The number of nitrogens with zero attached hydrogens (tertiary/aromatic N) is 2.